The van der Waals surface area contributed by atoms with Gasteiger partial charge in [-0.3, -0.25) is 0 Å². The van der Waals surface area contributed by atoms with Gasteiger partial charge in [-0.15, -0.1) is 0 Å². The molecule has 2 nitrogen and oxygen atoms in total. The summed E-state index contributed by atoms with van der Waals surface area (Å²) in [4.78, 5) is 0. The van der Waals surface area contributed by atoms with E-state index in [1.165, 1.54) is 12.1 Å². The molecular formula is C12H16FNO. The van der Waals surface area contributed by atoms with E-state index in [0.29, 0.717) is 5.56 Å². The van der Waals surface area contributed by atoms with E-state index in [4.69, 9.17) is 0 Å². The van der Waals surface area contributed by atoms with Gasteiger partial charge in [0.05, 0.1) is 0 Å². The number of aromatic hydroxyl groups is 1. The highest BCUT2D eigenvalue weighted by molar-refractivity contribution is 5.39. The van der Waals surface area contributed by atoms with Crippen LogP contribution in [0.25, 0.3) is 0 Å². The third-order valence-corrected chi connectivity index (χ3v) is 3.04. The summed E-state index contributed by atoms with van der Waals surface area (Å²) < 4.78 is 13.4. The monoisotopic (exact) mass is 209 g/mol. The summed E-state index contributed by atoms with van der Waals surface area (Å²) >= 11 is 0. The van der Waals surface area contributed by atoms with Crippen molar-refractivity contribution in [3.05, 3.63) is 29.1 Å². The minimum atomic E-state index is -0.228. The Hall–Kier alpha value is -1.09. The number of phenolic OH excluding ortho intramolecular Hbond substituents is 1. The van der Waals surface area contributed by atoms with Crippen LogP contribution in [0.4, 0.5) is 4.39 Å². The second kappa shape index (κ2) is 4.19. The van der Waals surface area contributed by atoms with Crippen LogP contribution in [0, 0.1) is 12.7 Å². The molecule has 1 aliphatic heterocycles. The third kappa shape index (κ3) is 2.12. The molecule has 2 rings (SSSR count). The molecule has 1 aromatic carbocycles. The first kappa shape index (κ1) is 10.4. The van der Waals surface area contributed by atoms with Gasteiger partial charge in [-0.05, 0) is 44.0 Å². The lowest BCUT2D eigenvalue weighted by Crippen LogP contribution is -2.28. The molecule has 0 bridgehead atoms. The van der Waals surface area contributed by atoms with E-state index in [-0.39, 0.29) is 17.5 Å². The van der Waals surface area contributed by atoms with Crippen LogP contribution in [-0.2, 0) is 0 Å². The topological polar surface area (TPSA) is 32.3 Å². The van der Waals surface area contributed by atoms with Crippen molar-refractivity contribution in [1.29, 1.82) is 0 Å². The van der Waals surface area contributed by atoms with Gasteiger partial charge in [-0.1, -0.05) is 0 Å². The largest absolute Gasteiger partial charge is 0.508 e. The molecule has 1 aromatic rings. The first-order chi connectivity index (χ1) is 7.18. The molecule has 1 fully saturated rings. The Morgan fingerprint density at radius 2 is 2.27 bits per heavy atom. The van der Waals surface area contributed by atoms with Crippen LogP contribution in [0.5, 0.6) is 5.75 Å². The first-order valence-corrected chi connectivity index (χ1v) is 5.38. The molecule has 0 radical (unpaired) electrons. The van der Waals surface area contributed by atoms with E-state index in [1.807, 2.05) is 0 Å². The quantitative estimate of drug-likeness (QED) is 0.744. The van der Waals surface area contributed by atoms with Crippen molar-refractivity contribution in [1.82, 2.24) is 5.32 Å². The molecule has 0 aromatic heterocycles. The van der Waals surface area contributed by atoms with Crippen molar-refractivity contribution in [3.8, 4) is 5.75 Å². The molecule has 1 atom stereocenters. The zero-order valence-electron chi connectivity index (χ0n) is 8.89. The maximum Gasteiger partial charge on any atom is 0.126 e. The fourth-order valence-corrected chi connectivity index (χ4v) is 2.13. The summed E-state index contributed by atoms with van der Waals surface area (Å²) in [5.74, 6) is 0.241. The minimum Gasteiger partial charge on any atom is -0.508 e. The first-order valence-electron chi connectivity index (χ1n) is 5.38. The van der Waals surface area contributed by atoms with Gasteiger partial charge in [0.15, 0.2) is 0 Å². The molecule has 1 saturated heterocycles. The molecule has 2 N–H and O–H groups in total. The van der Waals surface area contributed by atoms with Gasteiger partial charge in [0.2, 0.25) is 0 Å². The fourth-order valence-electron chi connectivity index (χ4n) is 2.13. The van der Waals surface area contributed by atoms with Crippen molar-refractivity contribution in [2.45, 2.75) is 25.7 Å². The number of halogens is 1. The number of phenols is 1. The SMILES string of the molecule is Cc1cc(O)c(C2CCCNC2)cc1F. The molecule has 82 valence electrons. The summed E-state index contributed by atoms with van der Waals surface area (Å²) in [7, 11) is 0. The van der Waals surface area contributed by atoms with Crippen LogP contribution < -0.4 is 5.32 Å². The van der Waals surface area contributed by atoms with Gasteiger partial charge in [0.25, 0.3) is 0 Å². The summed E-state index contributed by atoms with van der Waals surface area (Å²) in [5.41, 5.74) is 1.24. The van der Waals surface area contributed by atoms with Crippen molar-refractivity contribution in [2.75, 3.05) is 13.1 Å². The molecular weight excluding hydrogens is 193 g/mol. The predicted molar refractivity (Wildman–Crippen MR) is 57.6 cm³/mol. The Balaban J connectivity index is 2.30. The molecule has 0 amide bonds. The number of hydrogen-bond acceptors (Lipinski definition) is 2. The molecule has 3 heteroatoms. The van der Waals surface area contributed by atoms with E-state index < -0.39 is 0 Å². The number of nitrogens with one attached hydrogen (secondary N) is 1. The van der Waals surface area contributed by atoms with Crippen LogP contribution in [0.15, 0.2) is 12.1 Å². The Kier molecular flexibility index (Phi) is 2.91. The average molecular weight is 209 g/mol. The van der Waals surface area contributed by atoms with Crippen molar-refractivity contribution in [3.63, 3.8) is 0 Å². The normalized spacial score (nSPS) is 21.6. The molecule has 1 unspecified atom stereocenters. The molecule has 15 heavy (non-hydrogen) atoms. The zero-order valence-corrected chi connectivity index (χ0v) is 8.89. The van der Waals surface area contributed by atoms with E-state index in [1.54, 1.807) is 6.92 Å². The Morgan fingerprint density at radius 3 is 2.93 bits per heavy atom. The van der Waals surface area contributed by atoms with Crippen LogP contribution in [0.3, 0.4) is 0 Å². The molecule has 0 saturated carbocycles. The summed E-state index contributed by atoms with van der Waals surface area (Å²) in [6.07, 6.45) is 2.10. The Morgan fingerprint density at radius 1 is 1.47 bits per heavy atom. The lowest BCUT2D eigenvalue weighted by atomic mass is 9.90. The van der Waals surface area contributed by atoms with Crippen LogP contribution in [0.1, 0.15) is 29.9 Å². The van der Waals surface area contributed by atoms with E-state index in [0.717, 1.165) is 31.5 Å². The number of rotatable bonds is 1. The van der Waals surface area contributed by atoms with Crippen LogP contribution in [-0.4, -0.2) is 18.2 Å². The lowest BCUT2D eigenvalue weighted by Gasteiger charge is -2.24. The number of benzene rings is 1. The van der Waals surface area contributed by atoms with Gasteiger partial charge < -0.3 is 10.4 Å². The van der Waals surface area contributed by atoms with Gasteiger partial charge >= 0.3 is 0 Å². The number of aryl methyl sites for hydroxylation is 1. The standard InChI is InChI=1S/C12H16FNO/c1-8-5-12(15)10(6-11(8)13)9-3-2-4-14-7-9/h5-6,9,14-15H,2-4,7H2,1H3. The van der Waals surface area contributed by atoms with Crippen LogP contribution in [0.2, 0.25) is 0 Å². The van der Waals surface area contributed by atoms with Crippen molar-refractivity contribution < 1.29 is 9.50 Å². The van der Waals surface area contributed by atoms with Crippen molar-refractivity contribution >= 4 is 0 Å². The van der Waals surface area contributed by atoms with Crippen LogP contribution >= 0.6 is 0 Å². The summed E-state index contributed by atoms with van der Waals surface area (Å²) in [5, 5.41) is 13.0. The average Bonchev–Trinajstić information content (AvgIpc) is 2.25. The van der Waals surface area contributed by atoms with E-state index in [2.05, 4.69) is 5.32 Å². The molecule has 1 heterocycles. The minimum absolute atomic E-state index is 0.225. The molecule has 1 aliphatic rings. The highest BCUT2D eigenvalue weighted by atomic mass is 19.1. The van der Waals surface area contributed by atoms with E-state index in [9.17, 15) is 9.50 Å². The predicted octanol–water partition coefficient (Wildman–Crippen LogP) is 2.31. The van der Waals surface area contributed by atoms with Gasteiger partial charge in [-0.25, -0.2) is 4.39 Å². The molecule has 0 aliphatic carbocycles. The second-order valence-electron chi connectivity index (χ2n) is 4.20. The van der Waals surface area contributed by atoms with Gasteiger partial charge in [0.1, 0.15) is 11.6 Å². The van der Waals surface area contributed by atoms with Crippen molar-refractivity contribution in [2.24, 2.45) is 0 Å². The third-order valence-electron chi connectivity index (χ3n) is 3.04. The number of piperidine rings is 1. The maximum absolute atomic E-state index is 13.4. The summed E-state index contributed by atoms with van der Waals surface area (Å²) in [6.45, 7) is 3.51. The lowest BCUT2D eigenvalue weighted by molar-refractivity contribution is 0.422. The Labute approximate surface area is 89.1 Å². The highest BCUT2D eigenvalue weighted by Gasteiger charge is 2.19. The smallest absolute Gasteiger partial charge is 0.126 e. The van der Waals surface area contributed by atoms with E-state index >= 15 is 0 Å². The zero-order chi connectivity index (χ0) is 10.8. The highest BCUT2D eigenvalue weighted by Crippen LogP contribution is 2.32. The summed E-state index contributed by atoms with van der Waals surface area (Å²) in [6, 6.07) is 2.99. The van der Waals surface area contributed by atoms with Gasteiger partial charge in [-0.2, -0.15) is 0 Å². The number of hydrogen-bond donors (Lipinski definition) is 2. The van der Waals surface area contributed by atoms with Gasteiger partial charge in [0, 0.05) is 18.0 Å². The fraction of sp³-hybridized carbons (Fsp3) is 0.500. The maximum atomic E-state index is 13.4. The molecule has 0 spiro atoms. The Bertz CT molecular complexity index is 359. The second-order valence-corrected chi connectivity index (χ2v) is 4.20.